The predicted molar refractivity (Wildman–Crippen MR) is 72.5 cm³/mol. The molecule has 0 unspecified atom stereocenters. The molecule has 0 bridgehead atoms. The number of hydrogen-bond donors (Lipinski definition) is 0. The molecule has 88 valence electrons. The van der Waals surface area contributed by atoms with Gasteiger partial charge >= 0.3 is 0 Å². The molecule has 3 heteroatoms. The second-order valence-electron chi connectivity index (χ2n) is 3.70. The Hall–Kier alpha value is -1.35. The Morgan fingerprint density at radius 3 is 2.76 bits per heavy atom. The van der Waals surface area contributed by atoms with Gasteiger partial charge in [-0.3, -0.25) is 4.98 Å². The highest BCUT2D eigenvalue weighted by Crippen LogP contribution is 2.20. The van der Waals surface area contributed by atoms with Crippen LogP contribution in [0, 0.1) is 0 Å². The molecule has 17 heavy (non-hydrogen) atoms. The predicted octanol–water partition coefficient (Wildman–Crippen LogP) is 3.60. The van der Waals surface area contributed by atoms with Gasteiger partial charge in [0.2, 0.25) is 0 Å². The molecule has 1 aromatic carbocycles. The molecule has 0 saturated heterocycles. The van der Waals surface area contributed by atoms with Crippen LogP contribution in [0.15, 0.2) is 48.8 Å². The van der Waals surface area contributed by atoms with Crippen LogP contribution in [0.4, 0.5) is 0 Å². The fourth-order valence-electron chi connectivity index (χ4n) is 1.58. The van der Waals surface area contributed by atoms with Crippen molar-refractivity contribution in [3.63, 3.8) is 0 Å². The van der Waals surface area contributed by atoms with E-state index in [1.807, 2.05) is 30.5 Å². The highest BCUT2D eigenvalue weighted by atomic mass is 79.9. The van der Waals surface area contributed by atoms with E-state index in [9.17, 15) is 0 Å². The largest absolute Gasteiger partial charge is 0.493 e. The number of pyridine rings is 1. The lowest BCUT2D eigenvalue weighted by atomic mass is 10.2. The average molecular weight is 292 g/mol. The van der Waals surface area contributed by atoms with Crippen LogP contribution in [-0.4, -0.2) is 11.6 Å². The normalized spacial score (nSPS) is 10.2. The zero-order valence-electron chi connectivity index (χ0n) is 9.47. The van der Waals surface area contributed by atoms with E-state index in [0.29, 0.717) is 6.61 Å². The molecule has 2 aromatic rings. The van der Waals surface area contributed by atoms with Gasteiger partial charge in [0.05, 0.1) is 6.61 Å². The van der Waals surface area contributed by atoms with Crippen molar-refractivity contribution < 1.29 is 4.74 Å². The molecule has 0 N–H and O–H groups in total. The van der Waals surface area contributed by atoms with Crippen LogP contribution in [0.5, 0.6) is 5.75 Å². The average Bonchev–Trinajstić information content (AvgIpc) is 2.40. The van der Waals surface area contributed by atoms with Crippen molar-refractivity contribution in [2.75, 3.05) is 6.61 Å². The van der Waals surface area contributed by atoms with Crippen LogP contribution in [0.25, 0.3) is 0 Å². The van der Waals surface area contributed by atoms with Gasteiger partial charge in [-0.15, -0.1) is 0 Å². The molecule has 0 aliphatic carbocycles. The summed E-state index contributed by atoms with van der Waals surface area (Å²) in [5, 5.41) is 0.816. The van der Waals surface area contributed by atoms with E-state index in [4.69, 9.17) is 4.74 Å². The number of hydrogen-bond acceptors (Lipinski definition) is 2. The molecule has 1 heterocycles. The zero-order chi connectivity index (χ0) is 11.9. The summed E-state index contributed by atoms with van der Waals surface area (Å²) in [5.74, 6) is 0.952. The lowest BCUT2D eigenvalue weighted by Crippen LogP contribution is -2.03. The summed E-state index contributed by atoms with van der Waals surface area (Å²) in [6, 6.07) is 12.1. The molecular formula is C14H14BrNO. The fourth-order valence-corrected chi connectivity index (χ4v) is 2.04. The molecule has 0 spiro atoms. The van der Waals surface area contributed by atoms with Crippen LogP contribution < -0.4 is 4.74 Å². The number of nitrogens with zero attached hydrogens (tertiary/aromatic N) is 1. The highest BCUT2D eigenvalue weighted by Gasteiger charge is 2.01. The summed E-state index contributed by atoms with van der Waals surface area (Å²) in [6.45, 7) is 0.676. The number of aromatic nitrogens is 1. The van der Waals surface area contributed by atoms with Crippen molar-refractivity contribution in [2.24, 2.45) is 0 Å². The first kappa shape index (κ1) is 12.1. The Balaban J connectivity index is 1.90. The number of ether oxygens (including phenoxy) is 1. The van der Waals surface area contributed by atoms with Gasteiger partial charge in [0.1, 0.15) is 5.75 Å². The van der Waals surface area contributed by atoms with Gasteiger partial charge in [0.15, 0.2) is 0 Å². The number of rotatable bonds is 5. The molecule has 2 rings (SSSR count). The van der Waals surface area contributed by atoms with Gasteiger partial charge in [-0.2, -0.15) is 0 Å². The topological polar surface area (TPSA) is 22.1 Å². The molecule has 0 saturated carbocycles. The molecule has 0 amide bonds. The second kappa shape index (κ2) is 6.40. The summed E-state index contributed by atoms with van der Waals surface area (Å²) >= 11 is 3.46. The van der Waals surface area contributed by atoms with E-state index < -0.39 is 0 Å². The molecule has 0 atom stereocenters. The molecule has 0 fully saturated rings. The van der Waals surface area contributed by atoms with E-state index in [1.54, 1.807) is 6.20 Å². The van der Waals surface area contributed by atoms with Crippen molar-refractivity contribution in [1.82, 2.24) is 4.98 Å². The summed E-state index contributed by atoms with van der Waals surface area (Å²) in [6.07, 6.45) is 4.54. The van der Waals surface area contributed by atoms with Gasteiger partial charge in [-0.25, -0.2) is 0 Å². The Morgan fingerprint density at radius 1 is 1.12 bits per heavy atom. The van der Waals surface area contributed by atoms with E-state index in [0.717, 1.165) is 17.5 Å². The van der Waals surface area contributed by atoms with E-state index in [2.05, 4.69) is 33.0 Å². The first-order chi connectivity index (χ1) is 8.40. The molecule has 0 aliphatic rings. The molecule has 2 nitrogen and oxygen atoms in total. The van der Waals surface area contributed by atoms with Crippen molar-refractivity contribution in [1.29, 1.82) is 0 Å². The summed E-state index contributed by atoms with van der Waals surface area (Å²) < 4.78 is 5.77. The SMILES string of the molecule is BrCc1ccccc1OCCc1cccnc1. The van der Waals surface area contributed by atoms with Gasteiger partial charge in [0, 0.05) is 29.7 Å². The second-order valence-corrected chi connectivity index (χ2v) is 4.26. The van der Waals surface area contributed by atoms with Crippen molar-refractivity contribution in [3.05, 3.63) is 59.9 Å². The monoisotopic (exact) mass is 291 g/mol. The van der Waals surface area contributed by atoms with Gasteiger partial charge < -0.3 is 4.74 Å². The minimum Gasteiger partial charge on any atom is -0.493 e. The highest BCUT2D eigenvalue weighted by molar-refractivity contribution is 9.08. The maximum absolute atomic E-state index is 5.77. The quantitative estimate of drug-likeness (QED) is 0.786. The van der Waals surface area contributed by atoms with Crippen molar-refractivity contribution in [2.45, 2.75) is 11.8 Å². The number of benzene rings is 1. The molecule has 1 aromatic heterocycles. The molecule has 0 aliphatic heterocycles. The lowest BCUT2D eigenvalue weighted by molar-refractivity contribution is 0.319. The first-order valence-electron chi connectivity index (χ1n) is 5.55. The van der Waals surface area contributed by atoms with Crippen LogP contribution in [0.1, 0.15) is 11.1 Å². The maximum Gasteiger partial charge on any atom is 0.123 e. The van der Waals surface area contributed by atoms with E-state index >= 15 is 0 Å². The van der Waals surface area contributed by atoms with Gasteiger partial charge in [-0.1, -0.05) is 40.2 Å². The minimum atomic E-state index is 0.676. The third-order valence-corrected chi connectivity index (χ3v) is 3.09. The smallest absolute Gasteiger partial charge is 0.123 e. The van der Waals surface area contributed by atoms with Crippen molar-refractivity contribution >= 4 is 15.9 Å². The Kier molecular flexibility index (Phi) is 4.56. The Labute approximate surface area is 110 Å². The third kappa shape index (κ3) is 3.56. The molecular weight excluding hydrogens is 278 g/mol. The summed E-state index contributed by atoms with van der Waals surface area (Å²) in [4.78, 5) is 4.08. The molecule has 0 radical (unpaired) electrons. The van der Waals surface area contributed by atoms with Crippen LogP contribution in [-0.2, 0) is 11.8 Å². The first-order valence-corrected chi connectivity index (χ1v) is 6.68. The number of alkyl halides is 1. The van der Waals surface area contributed by atoms with Gasteiger partial charge in [0.25, 0.3) is 0 Å². The summed E-state index contributed by atoms with van der Waals surface area (Å²) in [7, 11) is 0. The van der Waals surface area contributed by atoms with Crippen LogP contribution in [0.2, 0.25) is 0 Å². The van der Waals surface area contributed by atoms with E-state index in [1.165, 1.54) is 11.1 Å². The third-order valence-electron chi connectivity index (χ3n) is 2.49. The van der Waals surface area contributed by atoms with E-state index in [-0.39, 0.29) is 0 Å². The summed E-state index contributed by atoms with van der Waals surface area (Å²) in [5.41, 5.74) is 2.38. The van der Waals surface area contributed by atoms with Crippen LogP contribution in [0.3, 0.4) is 0 Å². The zero-order valence-corrected chi connectivity index (χ0v) is 11.1. The lowest BCUT2D eigenvalue weighted by Gasteiger charge is -2.09. The minimum absolute atomic E-state index is 0.676. The Bertz CT molecular complexity index is 459. The standard InChI is InChI=1S/C14H14BrNO/c15-10-13-5-1-2-6-14(13)17-9-7-12-4-3-8-16-11-12/h1-6,8,11H,7,9-10H2. The van der Waals surface area contributed by atoms with Crippen LogP contribution >= 0.6 is 15.9 Å². The van der Waals surface area contributed by atoms with Crippen molar-refractivity contribution in [3.8, 4) is 5.75 Å². The fraction of sp³-hybridized carbons (Fsp3) is 0.214. The number of halogens is 1. The maximum atomic E-state index is 5.77. The number of para-hydroxylation sites is 1. The van der Waals surface area contributed by atoms with Gasteiger partial charge in [-0.05, 0) is 17.7 Å². The Morgan fingerprint density at radius 2 is 2.00 bits per heavy atom.